The number of nitrogens with zero attached hydrogens (tertiary/aromatic N) is 1. The van der Waals surface area contributed by atoms with Gasteiger partial charge < -0.3 is 0 Å². The van der Waals surface area contributed by atoms with Gasteiger partial charge in [0.2, 0.25) is 0 Å². The third-order valence-corrected chi connectivity index (χ3v) is 6.27. The van der Waals surface area contributed by atoms with Crippen LogP contribution in [0.25, 0.3) is 21.5 Å². The zero-order valence-electron chi connectivity index (χ0n) is 15.1. The van der Waals surface area contributed by atoms with Crippen molar-refractivity contribution in [1.82, 2.24) is 4.90 Å². The lowest BCUT2D eigenvalue weighted by atomic mass is 9.86. The zero-order valence-corrected chi connectivity index (χ0v) is 15.1. The molecule has 128 valence electrons. The molecule has 0 radical (unpaired) electrons. The second-order valence-electron chi connectivity index (χ2n) is 7.96. The number of piperidine rings is 1. The average Bonchev–Trinajstić information content (AvgIpc) is 2.68. The second-order valence-corrected chi connectivity index (χ2v) is 7.96. The Kier molecular flexibility index (Phi) is 3.98. The molecular weight excluding hydrogens is 302 g/mol. The summed E-state index contributed by atoms with van der Waals surface area (Å²) in [4.78, 5) is 2.62. The van der Waals surface area contributed by atoms with Crippen LogP contribution in [-0.2, 0) is 19.4 Å². The Hall–Kier alpha value is -1.86. The Labute approximate surface area is 150 Å². The van der Waals surface area contributed by atoms with Gasteiger partial charge in [-0.3, -0.25) is 4.90 Å². The lowest BCUT2D eigenvalue weighted by molar-refractivity contribution is 0.221. The summed E-state index contributed by atoms with van der Waals surface area (Å²) in [5.74, 6) is 0. The summed E-state index contributed by atoms with van der Waals surface area (Å²) in [5, 5.41) is 5.78. The van der Waals surface area contributed by atoms with Crippen molar-refractivity contribution in [1.29, 1.82) is 0 Å². The van der Waals surface area contributed by atoms with Crippen LogP contribution in [0.15, 0.2) is 42.5 Å². The molecule has 1 aliphatic carbocycles. The van der Waals surface area contributed by atoms with Gasteiger partial charge >= 0.3 is 0 Å². The first-order chi connectivity index (χ1) is 12.4. The van der Waals surface area contributed by atoms with E-state index >= 15 is 0 Å². The van der Waals surface area contributed by atoms with Crippen LogP contribution in [0.5, 0.6) is 0 Å². The van der Waals surface area contributed by atoms with Gasteiger partial charge in [-0.15, -0.1) is 0 Å². The Bertz CT molecular complexity index is 918. The number of hydrogen-bond donors (Lipinski definition) is 0. The second kappa shape index (κ2) is 6.46. The molecule has 0 N–H and O–H groups in total. The Morgan fingerprint density at radius 1 is 0.680 bits per heavy atom. The van der Waals surface area contributed by atoms with E-state index in [1.165, 1.54) is 85.1 Å². The quantitative estimate of drug-likeness (QED) is 0.532. The van der Waals surface area contributed by atoms with Crippen molar-refractivity contribution in [3.63, 3.8) is 0 Å². The van der Waals surface area contributed by atoms with E-state index in [-0.39, 0.29) is 0 Å². The van der Waals surface area contributed by atoms with E-state index in [1.54, 1.807) is 11.1 Å². The minimum atomic E-state index is 1.11. The third kappa shape index (κ3) is 2.85. The van der Waals surface area contributed by atoms with Gasteiger partial charge in [0.1, 0.15) is 0 Å². The van der Waals surface area contributed by atoms with Crippen molar-refractivity contribution in [3.8, 4) is 0 Å². The van der Waals surface area contributed by atoms with Crippen molar-refractivity contribution < 1.29 is 0 Å². The molecule has 0 unspecified atom stereocenters. The maximum absolute atomic E-state index is 2.62. The lowest BCUT2D eigenvalue weighted by Gasteiger charge is -2.26. The van der Waals surface area contributed by atoms with Gasteiger partial charge in [0, 0.05) is 6.54 Å². The van der Waals surface area contributed by atoms with Crippen molar-refractivity contribution in [2.75, 3.05) is 13.1 Å². The highest BCUT2D eigenvalue weighted by atomic mass is 15.1. The molecule has 5 rings (SSSR count). The minimum Gasteiger partial charge on any atom is -0.299 e. The molecule has 0 bridgehead atoms. The van der Waals surface area contributed by atoms with E-state index in [1.807, 2.05) is 0 Å². The van der Waals surface area contributed by atoms with E-state index in [4.69, 9.17) is 0 Å². The molecule has 0 aromatic heterocycles. The van der Waals surface area contributed by atoms with E-state index in [0.29, 0.717) is 0 Å². The van der Waals surface area contributed by atoms with E-state index in [2.05, 4.69) is 47.4 Å². The Morgan fingerprint density at radius 3 is 2.40 bits per heavy atom. The van der Waals surface area contributed by atoms with Crippen molar-refractivity contribution >= 4 is 21.5 Å². The van der Waals surface area contributed by atoms with Gasteiger partial charge in [0.25, 0.3) is 0 Å². The van der Waals surface area contributed by atoms with Crippen LogP contribution < -0.4 is 0 Å². The van der Waals surface area contributed by atoms with Crippen LogP contribution in [0, 0.1) is 0 Å². The number of likely N-dealkylation sites (tertiary alicyclic amines) is 1. The van der Waals surface area contributed by atoms with E-state index in [0.717, 1.165) is 6.54 Å². The predicted molar refractivity (Wildman–Crippen MR) is 107 cm³/mol. The fourth-order valence-corrected chi connectivity index (χ4v) is 4.91. The van der Waals surface area contributed by atoms with Crippen LogP contribution >= 0.6 is 0 Å². The van der Waals surface area contributed by atoms with Gasteiger partial charge in [0.05, 0.1) is 0 Å². The monoisotopic (exact) mass is 329 g/mol. The summed E-state index contributed by atoms with van der Waals surface area (Å²) in [6.07, 6.45) is 9.35. The number of benzene rings is 3. The Morgan fingerprint density at radius 2 is 1.48 bits per heavy atom. The van der Waals surface area contributed by atoms with Crippen LogP contribution in [0.2, 0.25) is 0 Å². The molecule has 3 aromatic rings. The summed E-state index contributed by atoms with van der Waals surface area (Å²) in [6, 6.07) is 16.6. The first kappa shape index (κ1) is 15.4. The highest BCUT2D eigenvalue weighted by Crippen LogP contribution is 2.33. The molecule has 1 nitrogen and oxygen atoms in total. The minimum absolute atomic E-state index is 1.11. The van der Waals surface area contributed by atoms with Crippen LogP contribution in [0.4, 0.5) is 0 Å². The SMILES string of the molecule is c1cc2ccc3c4c(ccc3c2cc1CN1CCCCC1)CCCC4. The number of aryl methyl sites for hydroxylation is 2. The van der Waals surface area contributed by atoms with Gasteiger partial charge in [-0.05, 0) is 95.9 Å². The zero-order chi connectivity index (χ0) is 16.6. The molecule has 1 heteroatoms. The number of hydrogen-bond acceptors (Lipinski definition) is 1. The lowest BCUT2D eigenvalue weighted by Crippen LogP contribution is -2.29. The molecule has 1 saturated heterocycles. The van der Waals surface area contributed by atoms with Crippen LogP contribution in [0.3, 0.4) is 0 Å². The first-order valence-corrected chi connectivity index (χ1v) is 10.1. The molecule has 1 fully saturated rings. The van der Waals surface area contributed by atoms with Gasteiger partial charge in [-0.25, -0.2) is 0 Å². The van der Waals surface area contributed by atoms with Crippen LogP contribution in [-0.4, -0.2) is 18.0 Å². The fourth-order valence-electron chi connectivity index (χ4n) is 4.91. The fraction of sp³-hybridized carbons (Fsp3) is 0.417. The van der Waals surface area contributed by atoms with Gasteiger partial charge in [0.15, 0.2) is 0 Å². The molecular formula is C24H27N. The maximum atomic E-state index is 2.62. The maximum Gasteiger partial charge on any atom is 0.0233 e. The molecule has 1 heterocycles. The molecule has 1 aliphatic heterocycles. The molecule has 25 heavy (non-hydrogen) atoms. The summed E-state index contributed by atoms with van der Waals surface area (Å²) in [5.41, 5.74) is 4.68. The Balaban J connectivity index is 1.60. The van der Waals surface area contributed by atoms with Gasteiger partial charge in [-0.2, -0.15) is 0 Å². The highest BCUT2D eigenvalue weighted by molar-refractivity contribution is 6.09. The average molecular weight is 329 g/mol. The van der Waals surface area contributed by atoms with Crippen molar-refractivity contribution in [2.24, 2.45) is 0 Å². The van der Waals surface area contributed by atoms with Gasteiger partial charge in [-0.1, -0.05) is 42.8 Å². The number of rotatable bonds is 2. The smallest absolute Gasteiger partial charge is 0.0233 e. The first-order valence-electron chi connectivity index (χ1n) is 10.1. The van der Waals surface area contributed by atoms with Crippen LogP contribution in [0.1, 0.15) is 48.8 Å². The summed E-state index contributed by atoms with van der Waals surface area (Å²) in [6.45, 7) is 3.64. The topological polar surface area (TPSA) is 3.24 Å². The molecule has 2 aliphatic rings. The third-order valence-electron chi connectivity index (χ3n) is 6.27. The summed E-state index contributed by atoms with van der Waals surface area (Å²) in [7, 11) is 0. The summed E-state index contributed by atoms with van der Waals surface area (Å²) >= 11 is 0. The highest BCUT2D eigenvalue weighted by Gasteiger charge is 2.14. The summed E-state index contributed by atoms with van der Waals surface area (Å²) < 4.78 is 0. The molecule has 0 saturated carbocycles. The molecule has 0 amide bonds. The molecule has 3 aromatic carbocycles. The standard InChI is InChI=1S/C24H27N/c1-4-14-25(15-5-1)17-18-8-9-20-11-12-22-21-7-3-2-6-19(21)10-13-23(22)24(20)16-18/h8-13,16H,1-7,14-15,17H2. The predicted octanol–water partition coefficient (Wildman–Crippen LogP) is 5.86. The van der Waals surface area contributed by atoms with Crippen molar-refractivity contribution in [3.05, 3.63) is 59.2 Å². The number of fused-ring (bicyclic) bond motifs is 5. The molecule has 0 spiro atoms. The van der Waals surface area contributed by atoms with E-state index in [9.17, 15) is 0 Å². The molecule has 0 atom stereocenters. The normalized spacial score (nSPS) is 18.6. The van der Waals surface area contributed by atoms with E-state index < -0.39 is 0 Å². The van der Waals surface area contributed by atoms with Crippen molar-refractivity contribution in [2.45, 2.75) is 51.5 Å². The largest absolute Gasteiger partial charge is 0.299 e.